The normalized spacial score (nSPS) is 12.4. The van der Waals surface area contributed by atoms with Crippen molar-refractivity contribution in [2.24, 2.45) is 0 Å². The van der Waals surface area contributed by atoms with Crippen molar-refractivity contribution in [1.82, 2.24) is 0 Å². The maximum absolute atomic E-state index is 6.94. The number of nitrogens with one attached hydrogen (secondary N) is 1. The van der Waals surface area contributed by atoms with Crippen LogP contribution in [0.5, 0.6) is 0 Å². The topological polar surface area (TPSA) is 37.9 Å². The van der Waals surface area contributed by atoms with E-state index in [0.717, 1.165) is 0 Å². The molecule has 5 heteroatoms. The summed E-state index contributed by atoms with van der Waals surface area (Å²) in [4.78, 5) is 0. The molecule has 0 spiro atoms. The predicted octanol–water partition coefficient (Wildman–Crippen LogP) is 4.49. The van der Waals surface area contributed by atoms with E-state index in [-0.39, 0.29) is 29.4 Å². The monoisotopic (exact) mass is 352 g/mol. The molecule has 0 aromatic heterocycles. The van der Waals surface area contributed by atoms with E-state index in [1.165, 1.54) is 0 Å². The fourth-order valence-electron chi connectivity index (χ4n) is 1.01. The van der Waals surface area contributed by atoms with Crippen molar-refractivity contribution in [2.75, 3.05) is 0 Å². The zero-order chi connectivity index (χ0) is 12.2. The second kappa shape index (κ2) is 7.47. The van der Waals surface area contributed by atoms with Crippen LogP contribution in [0.2, 0.25) is 39.3 Å². The zero-order valence-corrected chi connectivity index (χ0v) is 16.8. The average molecular weight is 351 g/mol. The Kier molecular flexibility index (Phi) is 10.7. The predicted molar refractivity (Wildman–Crippen MR) is 79.9 cm³/mol. The summed E-state index contributed by atoms with van der Waals surface area (Å²) >= 11 is 0. The van der Waals surface area contributed by atoms with Crippen LogP contribution in [0.4, 0.5) is 0 Å². The summed E-state index contributed by atoms with van der Waals surface area (Å²) in [7, 11) is -2.21. The van der Waals surface area contributed by atoms with Crippen molar-refractivity contribution in [3.8, 4) is 0 Å². The standard InChI is InChI=1S/C6H18NSi2.C4H10N.Sn/c1-8(2,3)7-9(4,5)6;1-4(2,3)5;/h1-6H3;5H,1-3H3;/q2*-1;+2. The molecule has 0 fully saturated rings. The van der Waals surface area contributed by atoms with Gasteiger partial charge in [-0.05, 0) is 0 Å². The van der Waals surface area contributed by atoms with Gasteiger partial charge in [0.1, 0.15) is 0 Å². The molecule has 0 aromatic rings. The maximum atomic E-state index is 6.94. The number of nitrogens with zero attached hydrogens (tertiary/aromatic N) is 1. The number of hydrogen-bond acceptors (Lipinski definition) is 0. The van der Waals surface area contributed by atoms with E-state index < -0.39 is 16.5 Å². The van der Waals surface area contributed by atoms with E-state index in [0.29, 0.717) is 0 Å². The minimum Gasteiger partial charge on any atom is -0.673 e. The van der Waals surface area contributed by atoms with Crippen molar-refractivity contribution < 1.29 is 0 Å². The third kappa shape index (κ3) is 51.2. The summed E-state index contributed by atoms with van der Waals surface area (Å²) in [5.41, 5.74) is 6.69. The van der Waals surface area contributed by atoms with Gasteiger partial charge in [0.25, 0.3) is 0 Å². The largest absolute Gasteiger partial charge is 2.00 e. The second-order valence-corrected chi connectivity index (χ2v) is 16.3. The molecule has 0 aliphatic carbocycles. The minimum atomic E-state index is -1.11. The summed E-state index contributed by atoms with van der Waals surface area (Å²) in [5.74, 6) is 0. The molecule has 0 aliphatic heterocycles. The molecule has 0 aliphatic rings. The van der Waals surface area contributed by atoms with Gasteiger partial charge in [0.15, 0.2) is 0 Å². The van der Waals surface area contributed by atoms with Crippen molar-refractivity contribution in [1.29, 1.82) is 0 Å². The Morgan fingerprint density at radius 3 is 0.933 bits per heavy atom. The molecule has 0 unspecified atom stereocenters. The van der Waals surface area contributed by atoms with E-state index >= 15 is 0 Å². The molecule has 0 amide bonds. The number of hydrogen-bond donors (Lipinski definition) is 0. The molecule has 0 heterocycles. The minimum absolute atomic E-state index is 0. The summed E-state index contributed by atoms with van der Waals surface area (Å²) < 4.78 is 4.82. The zero-order valence-electron chi connectivity index (χ0n) is 11.9. The molecule has 1 N–H and O–H groups in total. The van der Waals surface area contributed by atoms with Gasteiger partial charge in [-0.1, -0.05) is 76.5 Å². The molecule has 0 atom stereocenters. The Morgan fingerprint density at radius 2 is 0.933 bits per heavy atom. The molecule has 0 bridgehead atoms. The summed E-state index contributed by atoms with van der Waals surface area (Å²) in [6, 6.07) is 0. The van der Waals surface area contributed by atoms with Gasteiger partial charge in [-0.3, -0.25) is 0 Å². The molecule has 0 saturated heterocycles. The molecule has 15 heavy (non-hydrogen) atoms. The second-order valence-electron chi connectivity index (χ2n) is 6.70. The third-order valence-corrected chi connectivity index (χ3v) is 6.04. The summed E-state index contributed by atoms with van der Waals surface area (Å²) in [6.45, 7) is 19.3. The fraction of sp³-hybridized carbons (Fsp3) is 1.00. The SMILES string of the molecule is CC(C)(C)[NH-].C[Si](C)(C)[N-][Si](C)(C)C.[Sn+2]. The van der Waals surface area contributed by atoms with Gasteiger partial charge in [-0.15, -0.1) is 5.54 Å². The maximum Gasteiger partial charge on any atom is 2.00 e. The summed E-state index contributed by atoms with van der Waals surface area (Å²) in [6.07, 6.45) is 0. The molecule has 0 saturated carbocycles. The molecular formula is C10H28N2Si2Sn. The van der Waals surface area contributed by atoms with E-state index in [9.17, 15) is 0 Å². The molecular weight excluding hydrogens is 323 g/mol. The number of rotatable bonds is 2. The van der Waals surface area contributed by atoms with Gasteiger partial charge in [0, 0.05) is 0 Å². The van der Waals surface area contributed by atoms with E-state index in [4.69, 9.17) is 10.4 Å². The van der Waals surface area contributed by atoms with Crippen molar-refractivity contribution in [2.45, 2.75) is 65.6 Å². The molecule has 90 valence electrons. The van der Waals surface area contributed by atoms with Crippen LogP contribution in [0.15, 0.2) is 0 Å². The Bertz CT molecular complexity index is 136. The van der Waals surface area contributed by atoms with Crippen LogP contribution in [-0.2, 0) is 0 Å². The Balaban J connectivity index is -0.000000208. The van der Waals surface area contributed by atoms with Crippen molar-refractivity contribution in [3.63, 3.8) is 0 Å². The van der Waals surface area contributed by atoms with Gasteiger partial charge in [-0.2, -0.15) is 0 Å². The van der Waals surface area contributed by atoms with Crippen LogP contribution in [0, 0.1) is 0 Å². The summed E-state index contributed by atoms with van der Waals surface area (Å²) in [5, 5.41) is 0. The first-order valence-corrected chi connectivity index (χ1v) is 12.1. The molecule has 2 nitrogen and oxygen atoms in total. The first-order valence-electron chi connectivity index (χ1n) is 5.20. The quantitative estimate of drug-likeness (QED) is 0.658. The molecule has 0 aromatic carbocycles. The van der Waals surface area contributed by atoms with Crippen LogP contribution >= 0.6 is 0 Å². The third-order valence-electron chi connectivity index (χ3n) is 0.671. The van der Waals surface area contributed by atoms with Crippen LogP contribution in [0.25, 0.3) is 10.4 Å². The van der Waals surface area contributed by atoms with Crippen LogP contribution in [-0.4, -0.2) is 45.9 Å². The molecule has 0 rings (SSSR count). The van der Waals surface area contributed by atoms with Gasteiger partial charge < -0.3 is 10.4 Å². The Hall–Kier alpha value is 1.15. The fourth-order valence-corrected chi connectivity index (χ4v) is 9.06. The van der Waals surface area contributed by atoms with Crippen molar-refractivity contribution in [3.05, 3.63) is 10.4 Å². The van der Waals surface area contributed by atoms with Gasteiger partial charge >= 0.3 is 23.9 Å². The smallest absolute Gasteiger partial charge is 0.673 e. The van der Waals surface area contributed by atoms with Crippen LogP contribution in [0.1, 0.15) is 20.8 Å². The van der Waals surface area contributed by atoms with Crippen molar-refractivity contribution >= 4 is 40.4 Å². The Morgan fingerprint density at radius 1 is 0.800 bits per heavy atom. The van der Waals surface area contributed by atoms with Gasteiger partial charge in [-0.25, -0.2) is 0 Å². The first-order chi connectivity index (χ1) is 5.71. The van der Waals surface area contributed by atoms with Crippen LogP contribution in [0.3, 0.4) is 0 Å². The molecule has 2 radical (unpaired) electrons. The first kappa shape index (κ1) is 21.4. The Labute approximate surface area is 116 Å². The van der Waals surface area contributed by atoms with E-state index in [1.54, 1.807) is 0 Å². The van der Waals surface area contributed by atoms with Gasteiger partial charge in [0.05, 0.1) is 0 Å². The van der Waals surface area contributed by atoms with E-state index in [1.807, 2.05) is 20.8 Å². The van der Waals surface area contributed by atoms with Crippen LogP contribution < -0.4 is 0 Å². The van der Waals surface area contributed by atoms with Gasteiger partial charge in [0.2, 0.25) is 0 Å². The van der Waals surface area contributed by atoms with E-state index in [2.05, 4.69) is 39.3 Å². The average Bonchev–Trinajstić information content (AvgIpc) is 1.42.